The van der Waals surface area contributed by atoms with Crippen molar-refractivity contribution in [2.24, 2.45) is 0 Å². The van der Waals surface area contributed by atoms with Crippen LogP contribution in [0.3, 0.4) is 0 Å². The maximum Gasteiger partial charge on any atom is 0.245 e. The molecule has 1 aromatic heterocycles. The molecule has 3 rings (SSSR count). The predicted octanol–water partition coefficient (Wildman–Crippen LogP) is 2.87. The summed E-state index contributed by atoms with van der Waals surface area (Å²) in [5, 5.41) is 11.0. The van der Waals surface area contributed by atoms with Gasteiger partial charge in [-0.05, 0) is 45.7 Å². The minimum atomic E-state index is -0.560. The first kappa shape index (κ1) is 19.4. The number of benzene rings is 1. The molecule has 0 bridgehead atoms. The number of amides is 1. The number of piperidine rings is 1. The van der Waals surface area contributed by atoms with Crippen LogP contribution in [0.4, 0.5) is 5.69 Å². The van der Waals surface area contributed by atoms with Gasteiger partial charge in [-0.1, -0.05) is 18.2 Å². The SMILES string of the molecule is CCn1cc(CN2CCC(Nc3ccccc3)(C(=O)NC(C)C)CC2)cn1. The van der Waals surface area contributed by atoms with Gasteiger partial charge in [0, 0.05) is 49.7 Å². The smallest absolute Gasteiger partial charge is 0.245 e. The van der Waals surface area contributed by atoms with Crippen LogP contribution in [0.1, 0.15) is 39.2 Å². The van der Waals surface area contributed by atoms with Gasteiger partial charge in [0.1, 0.15) is 5.54 Å². The topological polar surface area (TPSA) is 62.2 Å². The maximum atomic E-state index is 13.0. The quantitative estimate of drug-likeness (QED) is 0.788. The number of anilines is 1. The van der Waals surface area contributed by atoms with Crippen molar-refractivity contribution in [1.82, 2.24) is 20.0 Å². The van der Waals surface area contributed by atoms with Crippen LogP contribution < -0.4 is 10.6 Å². The molecule has 1 aliphatic rings. The van der Waals surface area contributed by atoms with Crippen molar-refractivity contribution in [1.29, 1.82) is 0 Å². The molecule has 2 N–H and O–H groups in total. The summed E-state index contributed by atoms with van der Waals surface area (Å²) in [7, 11) is 0. The molecule has 27 heavy (non-hydrogen) atoms. The van der Waals surface area contributed by atoms with E-state index in [4.69, 9.17) is 0 Å². The highest BCUT2D eigenvalue weighted by atomic mass is 16.2. The van der Waals surface area contributed by atoms with Gasteiger partial charge in [-0.2, -0.15) is 5.10 Å². The summed E-state index contributed by atoms with van der Waals surface area (Å²) >= 11 is 0. The third-order valence-electron chi connectivity index (χ3n) is 5.14. The molecule has 0 unspecified atom stereocenters. The number of nitrogens with one attached hydrogen (secondary N) is 2. The molecule has 0 radical (unpaired) electrons. The van der Waals surface area contributed by atoms with E-state index in [1.807, 2.05) is 55.1 Å². The lowest BCUT2D eigenvalue weighted by Gasteiger charge is -2.42. The molecule has 2 heterocycles. The molecular formula is C21H31N5O. The van der Waals surface area contributed by atoms with Crippen molar-refractivity contribution in [3.05, 3.63) is 48.3 Å². The molecule has 146 valence electrons. The molecule has 0 saturated carbocycles. The largest absolute Gasteiger partial charge is 0.371 e. The highest BCUT2D eigenvalue weighted by molar-refractivity contribution is 5.89. The van der Waals surface area contributed by atoms with E-state index in [-0.39, 0.29) is 11.9 Å². The minimum Gasteiger partial charge on any atom is -0.371 e. The van der Waals surface area contributed by atoms with Gasteiger partial charge in [0.15, 0.2) is 0 Å². The molecule has 1 amide bonds. The van der Waals surface area contributed by atoms with Crippen LogP contribution in [0.25, 0.3) is 0 Å². The van der Waals surface area contributed by atoms with Crippen LogP contribution >= 0.6 is 0 Å². The first-order valence-electron chi connectivity index (χ1n) is 9.88. The summed E-state index contributed by atoms with van der Waals surface area (Å²) in [6, 6.07) is 10.2. The average Bonchev–Trinajstić information content (AvgIpc) is 3.11. The second-order valence-corrected chi connectivity index (χ2v) is 7.68. The summed E-state index contributed by atoms with van der Waals surface area (Å²) in [6.45, 7) is 9.63. The van der Waals surface area contributed by atoms with E-state index < -0.39 is 5.54 Å². The Bertz CT molecular complexity index is 732. The molecule has 1 aliphatic heterocycles. The molecule has 6 heteroatoms. The van der Waals surface area contributed by atoms with Gasteiger partial charge in [0.25, 0.3) is 0 Å². The van der Waals surface area contributed by atoms with E-state index >= 15 is 0 Å². The Morgan fingerprint density at radius 1 is 1.22 bits per heavy atom. The van der Waals surface area contributed by atoms with Crippen LogP contribution in [-0.2, 0) is 17.9 Å². The summed E-state index contributed by atoms with van der Waals surface area (Å²) in [5.41, 5.74) is 1.66. The fourth-order valence-corrected chi connectivity index (χ4v) is 3.62. The molecule has 6 nitrogen and oxygen atoms in total. The highest BCUT2D eigenvalue weighted by Crippen LogP contribution is 2.28. The molecule has 1 aromatic carbocycles. The Balaban J connectivity index is 1.68. The van der Waals surface area contributed by atoms with Crippen LogP contribution in [0.2, 0.25) is 0 Å². The zero-order valence-corrected chi connectivity index (χ0v) is 16.6. The molecule has 0 atom stereocenters. The maximum absolute atomic E-state index is 13.0. The number of hydrogen-bond donors (Lipinski definition) is 2. The van der Waals surface area contributed by atoms with E-state index in [2.05, 4.69) is 33.8 Å². The lowest BCUT2D eigenvalue weighted by Crippen LogP contribution is -2.59. The number of para-hydroxylation sites is 1. The van der Waals surface area contributed by atoms with E-state index in [0.29, 0.717) is 0 Å². The van der Waals surface area contributed by atoms with Crippen LogP contribution in [0.15, 0.2) is 42.7 Å². The zero-order chi connectivity index (χ0) is 19.3. The van der Waals surface area contributed by atoms with E-state index in [0.717, 1.165) is 44.7 Å². The van der Waals surface area contributed by atoms with Crippen molar-refractivity contribution in [3.8, 4) is 0 Å². The number of hydrogen-bond acceptors (Lipinski definition) is 4. The van der Waals surface area contributed by atoms with Gasteiger partial charge in [-0.25, -0.2) is 0 Å². The number of likely N-dealkylation sites (tertiary alicyclic amines) is 1. The fourth-order valence-electron chi connectivity index (χ4n) is 3.62. The van der Waals surface area contributed by atoms with E-state index in [1.165, 1.54) is 5.56 Å². The lowest BCUT2D eigenvalue weighted by atomic mass is 9.85. The van der Waals surface area contributed by atoms with Crippen molar-refractivity contribution in [2.45, 2.75) is 58.3 Å². The zero-order valence-electron chi connectivity index (χ0n) is 16.6. The van der Waals surface area contributed by atoms with Gasteiger partial charge >= 0.3 is 0 Å². The molecule has 1 fully saturated rings. The second-order valence-electron chi connectivity index (χ2n) is 7.68. The Morgan fingerprint density at radius 3 is 2.52 bits per heavy atom. The minimum absolute atomic E-state index is 0.0970. The average molecular weight is 370 g/mol. The van der Waals surface area contributed by atoms with Gasteiger partial charge in [0.05, 0.1) is 6.20 Å². The molecule has 0 aliphatic carbocycles. The van der Waals surface area contributed by atoms with Gasteiger partial charge in [-0.15, -0.1) is 0 Å². The van der Waals surface area contributed by atoms with Crippen molar-refractivity contribution < 1.29 is 4.79 Å². The van der Waals surface area contributed by atoms with Crippen molar-refractivity contribution in [2.75, 3.05) is 18.4 Å². The Hall–Kier alpha value is -2.34. The third-order valence-corrected chi connectivity index (χ3v) is 5.14. The Labute approximate surface area is 161 Å². The van der Waals surface area contributed by atoms with Crippen LogP contribution in [0.5, 0.6) is 0 Å². The summed E-state index contributed by atoms with van der Waals surface area (Å²) in [6.07, 6.45) is 5.61. The van der Waals surface area contributed by atoms with Crippen molar-refractivity contribution >= 4 is 11.6 Å². The summed E-state index contributed by atoms with van der Waals surface area (Å²) < 4.78 is 1.95. The monoisotopic (exact) mass is 369 g/mol. The van der Waals surface area contributed by atoms with Crippen molar-refractivity contribution in [3.63, 3.8) is 0 Å². The van der Waals surface area contributed by atoms with Gasteiger partial charge in [-0.3, -0.25) is 14.4 Å². The highest BCUT2D eigenvalue weighted by Gasteiger charge is 2.41. The number of carbonyl (C=O) groups excluding carboxylic acids is 1. The first-order chi connectivity index (χ1) is 13.0. The summed E-state index contributed by atoms with van der Waals surface area (Å²) in [5.74, 6) is 0.0970. The lowest BCUT2D eigenvalue weighted by molar-refractivity contribution is -0.127. The van der Waals surface area contributed by atoms with Crippen LogP contribution in [-0.4, -0.2) is 45.3 Å². The Morgan fingerprint density at radius 2 is 1.93 bits per heavy atom. The second kappa shape index (κ2) is 8.57. The standard InChI is InChI=1S/C21H31N5O/c1-4-26-16-18(14-22-26)15-25-12-10-21(11-13-25,20(27)23-17(2)3)24-19-8-6-5-7-9-19/h5-9,14,16-17,24H,4,10-13,15H2,1-3H3,(H,23,27). The van der Waals surface area contributed by atoms with Gasteiger partial charge in [0.2, 0.25) is 5.91 Å². The van der Waals surface area contributed by atoms with E-state index in [1.54, 1.807) is 0 Å². The number of carbonyl (C=O) groups is 1. The summed E-state index contributed by atoms with van der Waals surface area (Å²) in [4.78, 5) is 15.4. The fraction of sp³-hybridized carbons (Fsp3) is 0.524. The number of rotatable bonds is 7. The van der Waals surface area contributed by atoms with Crippen LogP contribution in [0, 0.1) is 0 Å². The molecule has 2 aromatic rings. The molecule has 1 saturated heterocycles. The predicted molar refractivity (Wildman–Crippen MR) is 108 cm³/mol. The number of aryl methyl sites for hydroxylation is 1. The third kappa shape index (κ3) is 4.89. The normalized spacial score (nSPS) is 17.0. The molecular weight excluding hydrogens is 338 g/mol. The Kier molecular flexibility index (Phi) is 6.16. The molecule has 0 spiro atoms. The van der Waals surface area contributed by atoms with Gasteiger partial charge < -0.3 is 10.6 Å². The number of nitrogens with zero attached hydrogens (tertiary/aromatic N) is 3. The van der Waals surface area contributed by atoms with E-state index in [9.17, 15) is 4.79 Å². The first-order valence-corrected chi connectivity index (χ1v) is 9.88. The number of aromatic nitrogens is 2.